The number of carbonyl (C=O) groups excluding carboxylic acids is 1. The van der Waals surface area contributed by atoms with Crippen LogP contribution in [0.1, 0.15) is 24.0 Å². The highest BCUT2D eigenvalue weighted by Gasteiger charge is 2.24. The minimum atomic E-state index is -0.225. The molecule has 1 aromatic heterocycles. The summed E-state index contributed by atoms with van der Waals surface area (Å²) < 4.78 is 15.6. The van der Waals surface area contributed by atoms with Crippen LogP contribution in [0, 0.1) is 11.7 Å². The number of nitrogens with zero attached hydrogens (tertiary/aromatic N) is 3. The van der Waals surface area contributed by atoms with Crippen molar-refractivity contribution >= 4 is 22.9 Å². The van der Waals surface area contributed by atoms with E-state index in [9.17, 15) is 9.18 Å². The van der Waals surface area contributed by atoms with Crippen LogP contribution in [0.5, 0.6) is 0 Å². The van der Waals surface area contributed by atoms with E-state index in [4.69, 9.17) is 4.98 Å². The van der Waals surface area contributed by atoms with Crippen molar-refractivity contribution in [1.29, 1.82) is 0 Å². The van der Waals surface area contributed by atoms with Crippen LogP contribution in [0.15, 0.2) is 78.9 Å². The average Bonchev–Trinajstić information content (AvgIpc) is 3.23. The number of aromatic nitrogens is 2. The number of hydrogen-bond acceptors (Lipinski definition) is 3. The van der Waals surface area contributed by atoms with Crippen LogP contribution in [-0.2, 0) is 17.8 Å². The Balaban J connectivity index is 1.23. The summed E-state index contributed by atoms with van der Waals surface area (Å²) in [5.41, 5.74) is 4.13. The Morgan fingerprint density at radius 2 is 1.62 bits per heavy atom. The number of anilines is 1. The average molecular weight is 457 g/mol. The predicted octanol–water partition coefficient (Wildman–Crippen LogP) is 4.80. The molecule has 6 heteroatoms. The predicted molar refractivity (Wildman–Crippen MR) is 133 cm³/mol. The molecule has 1 aliphatic rings. The molecule has 0 unspecified atom stereocenters. The van der Waals surface area contributed by atoms with Gasteiger partial charge in [0.25, 0.3) is 0 Å². The van der Waals surface area contributed by atoms with E-state index in [1.54, 1.807) is 0 Å². The van der Waals surface area contributed by atoms with Gasteiger partial charge in [0.1, 0.15) is 5.82 Å². The molecule has 4 aromatic rings. The van der Waals surface area contributed by atoms with Crippen LogP contribution < -0.4 is 10.2 Å². The maximum atomic E-state index is 13.4. The number of fused-ring (bicyclic) bond motifs is 1. The van der Waals surface area contributed by atoms with Gasteiger partial charge in [-0.15, -0.1) is 0 Å². The van der Waals surface area contributed by atoms with E-state index < -0.39 is 0 Å². The quantitative estimate of drug-likeness (QED) is 0.435. The first kappa shape index (κ1) is 22.1. The van der Waals surface area contributed by atoms with E-state index in [-0.39, 0.29) is 11.7 Å². The van der Waals surface area contributed by atoms with Gasteiger partial charge in [-0.1, -0.05) is 54.6 Å². The summed E-state index contributed by atoms with van der Waals surface area (Å²) in [6, 6.07) is 24.7. The summed E-state index contributed by atoms with van der Waals surface area (Å²) in [7, 11) is 0. The molecule has 0 atom stereocenters. The van der Waals surface area contributed by atoms with Crippen molar-refractivity contribution in [3.8, 4) is 0 Å². The molecule has 0 aliphatic carbocycles. The number of imidazole rings is 1. The summed E-state index contributed by atoms with van der Waals surface area (Å²) in [4.78, 5) is 19.6. The second kappa shape index (κ2) is 10.1. The van der Waals surface area contributed by atoms with Crippen molar-refractivity contribution in [2.24, 2.45) is 5.92 Å². The first-order valence-electron chi connectivity index (χ1n) is 11.9. The van der Waals surface area contributed by atoms with E-state index in [2.05, 4.69) is 20.9 Å². The van der Waals surface area contributed by atoms with Gasteiger partial charge >= 0.3 is 0 Å². The minimum Gasteiger partial charge on any atom is -0.356 e. The van der Waals surface area contributed by atoms with Crippen LogP contribution in [0.3, 0.4) is 0 Å². The van der Waals surface area contributed by atoms with Crippen molar-refractivity contribution in [3.05, 3.63) is 95.8 Å². The van der Waals surface area contributed by atoms with Gasteiger partial charge in [0.05, 0.1) is 24.0 Å². The number of piperidine rings is 1. The third-order valence-corrected chi connectivity index (χ3v) is 6.58. The lowest BCUT2D eigenvalue weighted by Crippen LogP contribution is -2.40. The molecule has 174 valence electrons. The Hall–Kier alpha value is -3.67. The summed E-state index contributed by atoms with van der Waals surface area (Å²) in [5, 5.41) is 3.12. The van der Waals surface area contributed by atoms with Crippen LogP contribution in [0.2, 0.25) is 0 Å². The molecule has 5 nitrogen and oxygen atoms in total. The van der Waals surface area contributed by atoms with Gasteiger partial charge in [0.2, 0.25) is 11.9 Å². The fraction of sp³-hybridized carbons (Fsp3) is 0.286. The normalized spacial score (nSPS) is 14.4. The molecule has 0 radical (unpaired) electrons. The smallest absolute Gasteiger partial charge is 0.224 e. The Bertz CT molecular complexity index is 1240. The van der Waals surface area contributed by atoms with Gasteiger partial charge < -0.3 is 14.8 Å². The number of carbonyl (C=O) groups is 1. The molecule has 1 amide bonds. The summed E-state index contributed by atoms with van der Waals surface area (Å²) in [5.74, 6) is 1.27. The zero-order chi connectivity index (χ0) is 23.3. The first-order valence-corrected chi connectivity index (χ1v) is 11.9. The summed E-state index contributed by atoms with van der Waals surface area (Å²) in [6.45, 7) is 3.15. The van der Waals surface area contributed by atoms with Gasteiger partial charge in [-0.2, -0.15) is 0 Å². The van der Waals surface area contributed by atoms with E-state index in [1.807, 2.05) is 60.7 Å². The molecule has 5 rings (SSSR count). The standard InChI is InChI=1S/C28H29FN4O/c29-24-12-10-23(11-13-24)20-33-26-9-5-4-8-25(26)31-28(33)32-16-14-22(15-17-32)19-30-27(34)18-21-6-2-1-3-7-21/h1-13,22H,14-20H2,(H,30,34). The highest BCUT2D eigenvalue weighted by Crippen LogP contribution is 2.28. The third-order valence-electron chi connectivity index (χ3n) is 6.58. The van der Waals surface area contributed by atoms with Gasteiger partial charge in [-0.25, -0.2) is 9.37 Å². The van der Waals surface area contributed by atoms with E-state index in [1.165, 1.54) is 12.1 Å². The van der Waals surface area contributed by atoms with Gasteiger partial charge in [0.15, 0.2) is 0 Å². The van der Waals surface area contributed by atoms with Gasteiger partial charge in [-0.3, -0.25) is 4.79 Å². The molecule has 0 spiro atoms. The van der Waals surface area contributed by atoms with Crippen molar-refractivity contribution < 1.29 is 9.18 Å². The van der Waals surface area contributed by atoms with E-state index in [0.717, 1.165) is 54.0 Å². The molecular weight excluding hydrogens is 427 g/mol. The fourth-order valence-electron chi connectivity index (χ4n) is 4.67. The largest absolute Gasteiger partial charge is 0.356 e. The molecule has 34 heavy (non-hydrogen) atoms. The van der Waals surface area contributed by atoms with Gasteiger partial charge in [-0.05, 0) is 54.2 Å². The summed E-state index contributed by atoms with van der Waals surface area (Å²) in [6.07, 6.45) is 2.43. The molecule has 1 N–H and O–H groups in total. The molecule has 1 fully saturated rings. The topological polar surface area (TPSA) is 50.2 Å². The molecule has 0 saturated carbocycles. The summed E-state index contributed by atoms with van der Waals surface area (Å²) >= 11 is 0. The first-order chi connectivity index (χ1) is 16.7. The van der Waals surface area contributed by atoms with Crippen molar-refractivity contribution in [2.45, 2.75) is 25.8 Å². The van der Waals surface area contributed by atoms with E-state index >= 15 is 0 Å². The zero-order valence-corrected chi connectivity index (χ0v) is 19.2. The molecule has 3 aromatic carbocycles. The molecular formula is C28H29FN4O. The Kier molecular flexibility index (Phi) is 6.56. The second-order valence-electron chi connectivity index (χ2n) is 9.01. The molecule has 1 aliphatic heterocycles. The molecule has 2 heterocycles. The maximum Gasteiger partial charge on any atom is 0.224 e. The van der Waals surface area contributed by atoms with Crippen molar-refractivity contribution in [3.63, 3.8) is 0 Å². The fourth-order valence-corrected chi connectivity index (χ4v) is 4.67. The monoisotopic (exact) mass is 456 g/mol. The SMILES string of the molecule is O=C(Cc1ccccc1)NCC1CCN(c2nc3ccccc3n2Cc2ccc(F)cc2)CC1. The molecule has 0 bridgehead atoms. The minimum absolute atomic E-state index is 0.0784. The highest BCUT2D eigenvalue weighted by molar-refractivity contribution is 5.79. The zero-order valence-electron chi connectivity index (χ0n) is 19.2. The maximum absolute atomic E-state index is 13.4. The van der Waals surface area contributed by atoms with Gasteiger partial charge in [0, 0.05) is 19.6 Å². The lowest BCUT2D eigenvalue weighted by Gasteiger charge is -2.33. The molecule has 1 saturated heterocycles. The number of amides is 1. The number of nitrogens with one attached hydrogen (secondary N) is 1. The van der Waals surface area contributed by atoms with E-state index in [0.29, 0.717) is 25.4 Å². The number of para-hydroxylation sites is 2. The van der Waals surface area contributed by atoms with Crippen LogP contribution in [0.4, 0.5) is 10.3 Å². The third kappa shape index (κ3) is 5.11. The number of hydrogen-bond donors (Lipinski definition) is 1. The highest BCUT2D eigenvalue weighted by atomic mass is 19.1. The lowest BCUT2D eigenvalue weighted by atomic mass is 9.97. The lowest BCUT2D eigenvalue weighted by molar-refractivity contribution is -0.120. The number of rotatable bonds is 7. The number of benzene rings is 3. The Morgan fingerprint density at radius 3 is 2.38 bits per heavy atom. The van der Waals surface area contributed by atoms with Crippen LogP contribution >= 0.6 is 0 Å². The van der Waals surface area contributed by atoms with Crippen LogP contribution in [0.25, 0.3) is 11.0 Å². The Labute approximate surface area is 199 Å². The van der Waals surface area contributed by atoms with Crippen molar-refractivity contribution in [1.82, 2.24) is 14.9 Å². The van der Waals surface area contributed by atoms with Crippen molar-refractivity contribution in [2.75, 3.05) is 24.5 Å². The second-order valence-corrected chi connectivity index (χ2v) is 9.01. The number of halogens is 1. The Morgan fingerprint density at radius 1 is 0.912 bits per heavy atom. The van der Waals surface area contributed by atoms with Crippen LogP contribution in [-0.4, -0.2) is 35.1 Å².